The molecule has 0 aromatic heterocycles. The number of hydrogen-bond acceptors (Lipinski definition) is 3. The van der Waals surface area contributed by atoms with E-state index in [-0.39, 0.29) is 0 Å². The van der Waals surface area contributed by atoms with E-state index in [2.05, 4.69) is 6.58 Å². The van der Waals surface area contributed by atoms with Gasteiger partial charge in [-0.05, 0) is 0 Å². The number of hydrogen-bond donors (Lipinski definition) is 0. The van der Waals surface area contributed by atoms with Crippen LogP contribution in [0, 0.1) is 0 Å². The Morgan fingerprint density at radius 2 is 1.71 bits per heavy atom. The summed E-state index contributed by atoms with van der Waals surface area (Å²) in [6.45, 7) is 5.93. The van der Waals surface area contributed by atoms with Crippen molar-refractivity contribution in [1.82, 2.24) is 0 Å². The fourth-order valence-corrected chi connectivity index (χ4v) is 5.60. The number of rotatable bonds is 3. The normalized spacial score (nSPS) is 23.4. The van der Waals surface area contributed by atoms with Gasteiger partial charge in [0.1, 0.15) is 0 Å². The molecule has 1 aromatic rings. The molecule has 0 saturated carbocycles. The van der Waals surface area contributed by atoms with E-state index in [1.807, 2.05) is 43.3 Å². The van der Waals surface area contributed by atoms with Crippen LogP contribution in [0.2, 0.25) is 0 Å². The van der Waals surface area contributed by atoms with E-state index < -0.39 is 7.28 Å². The number of benzene rings is 1. The summed E-state index contributed by atoms with van der Waals surface area (Å²) >= 11 is 0. The minimum absolute atomic E-state index is 0.754. The molecule has 1 aliphatic heterocycles. The van der Waals surface area contributed by atoms with Gasteiger partial charge in [-0.25, -0.2) is 0 Å². The van der Waals surface area contributed by atoms with E-state index in [0.717, 1.165) is 16.4 Å². The first-order valence-corrected chi connectivity index (χ1v) is 7.35. The molecule has 0 aliphatic carbocycles. The van der Waals surface area contributed by atoms with Crippen molar-refractivity contribution in [2.24, 2.45) is 0 Å². The molecule has 1 aliphatic rings. The molecule has 0 saturated heterocycles. The molecule has 0 bridgehead atoms. The zero-order chi connectivity index (χ0) is 12.5. The summed E-state index contributed by atoms with van der Waals surface area (Å²) < 4.78 is 17.5. The summed E-state index contributed by atoms with van der Waals surface area (Å²) in [4.78, 5) is 0. The van der Waals surface area contributed by atoms with Crippen LogP contribution in [0.15, 0.2) is 54.1 Å². The van der Waals surface area contributed by atoms with E-state index in [4.69, 9.17) is 13.6 Å². The molecular weight excluding hydrogens is 235 g/mol. The van der Waals surface area contributed by atoms with Gasteiger partial charge in [0.2, 0.25) is 0 Å². The summed E-state index contributed by atoms with van der Waals surface area (Å²) in [5.41, 5.74) is 0. The summed E-state index contributed by atoms with van der Waals surface area (Å²) in [5.74, 6) is 0.764. The molecule has 0 unspecified atom stereocenters. The van der Waals surface area contributed by atoms with Crippen LogP contribution in [0.5, 0.6) is 0 Å². The van der Waals surface area contributed by atoms with E-state index in [9.17, 15) is 0 Å². The van der Waals surface area contributed by atoms with Gasteiger partial charge in [-0.15, -0.1) is 0 Å². The molecule has 17 heavy (non-hydrogen) atoms. The van der Waals surface area contributed by atoms with Crippen LogP contribution in [-0.4, -0.2) is 14.2 Å². The van der Waals surface area contributed by atoms with Crippen LogP contribution < -0.4 is 5.30 Å². The molecule has 0 amide bonds. The fraction of sp³-hybridized carbons (Fsp3) is 0.231. The second kappa shape index (κ2) is 3.95. The Bertz CT molecular complexity index is 475. The first kappa shape index (κ1) is 12.3. The van der Waals surface area contributed by atoms with Crippen molar-refractivity contribution in [1.29, 1.82) is 0 Å². The zero-order valence-corrected chi connectivity index (χ0v) is 11.2. The maximum atomic E-state index is 5.98. The van der Waals surface area contributed by atoms with Crippen molar-refractivity contribution in [3.63, 3.8) is 0 Å². The van der Waals surface area contributed by atoms with Crippen LogP contribution in [0.4, 0.5) is 0 Å². The Balaban J connectivity index is 2.67. The molecule has 3 nitrogen and oxygen atoms in total. The standard InChI is InChI=1S/C13H17O3P/c1-11-10-12(2)17(14-3,15-4,16-11)13-8-6-5-7-9-13/h5-10H,2H2,1,3-4H3. The Morgan fingerprint density at radius 3 is 2.12 bits per heavy atom. The van der Waals surface area contributed by atoms with Crippen LogP contribution in [-0.2, 0) is 13.6 Å². The third-order valence-electron chi connectivity index (χ3n) is 3.04. The van der Waals surface area contributed by atoms with E-state index in [0.29, 0.717) is 0 Å². The molecule has 0 spiro atoms. The second-order valence-electron chi connectivity index (χ2n) is 3.92. The molecule has 1 aromatic carbocycles. The molecule has 0 atom stereocenters. The maximum absolute atomic E-state index is 5.98. The third-order valence-corrected chi connectivity index (χ3v) is 7.29. The average molecular weight is 252 g/mol. The van der Waals surface area contributed by atoms with Gasteiger partial charge in [-0.3, -0.25) is 0 Å². The van der Waals surface area contributed by atoms with Crippen molar-refractivity contribution in [3.05, 3.63) is 54.1 Å². The van der Waals surface area contributed by atoms with Gasteiger partial charge in [-0.1, -0.05) is 0 Å². The van der Waals surface area contributed by atoms with Crippen LogP contribution in [0.1, 0.15) is 6.92 Å². The summed E-state index contributed by atoms with van der Waals surface area (Å²) in [7, 11) is -0.239. The van der Waals surface area contributed by atoms with Crippen LogP contribution in [0.3, 0.4) is 0 Å². The predicted octanol–water partition coefficient (Wildman–Crippen LogP) is 3.35. The van der Waals surface area contributed by atoms with Gasteiger partial charge in [0.05, 0.1) is 0 Å². The Labute approximate surface area is 102 Å². The van der Waals surface area contributed by atoms with Gasteiger partial charge in [0, 0.05) is 0 Å². The molecule has 92 valence electrons. The third kappa shape index (κ3) is 1.47. The van der Waals surface area contributed by atoms with Gasteiger partial charge >= 0.3 is 101 Å². The van der Waals surface area contributed by atoms with E-state index in [1.165, 1.54) is 0 Å². The van der Waals surface area contributed by atoms with Crippen molar-refractivity contribution >= 4 is 12.6 Å². The molecule has 0 N–H and O–H groups in total. The van der Waals surface area contributed by atoms with Crippen molar-refractivity contribution in [2.45, 2.75) is 6.92 Å². The predicted molar refractivity (Wildman–Crippen MR) is 71.0 cm³/mol. The molecule has 1 heterocycles. The van der Waals surface area contributed by atoms with Crippen LogP contribution >= 0.6 is 7.28 Å². The summed E-state index contributed by atoms with van der Waals surface area (Å²) in [6, 6.07) is 9.71. The second-order valence-corrected chi connectivity index (χ2v) is 7.69. The van der Waals surface area contributed by atoms with E-state index in [1.54, 1.807) is 14.2 Å². The Kier molecular flexibility index (Phi) is 2.86. The molecule has 0 fully saturated rings. The zero-order valence-electron chi connectivity index (χ0n) is 10.3. The molecule has 2 rings (SSSR count). The summed E-state index contributed by atoms with van der Waals surface area (Å²) in [5, 5.41) is 1.64. The van der Waals surface area contributed by atoms with Gasteiger partial charge in [0.25, 0.3) is 0 Å². The molecule has 0 radical (unpaired) electrons. The fourth-order valence-electron chi connectivity index (χ4n) is 2.19. The number of allylic oxidation sites excluding steroid dienone is 3. The molecular formula is C13H17O3P. The van der Waals surface area contributed by atoms with Crippen LogP contribution in [0.25, 0.3) is 0 Å². The quantitative estimate of drug-likeness (QED) is 0.772. The van der Waals surface area contributed by atoms with Gasteiger partial charge in [-0.2, -0.15) is 0 Å². The monoisotopic (exact) mass is 252 g/mol. The molecule has 4 heteroatoms. The van der Waals surface area contributed by atoms with Gasteiger partial charge in [0.15, 0.2) is 0 Å². The minimum atomic E-state index is -3.45. The first-order valence-electron chi connectivity index (χ1n) is 5.36. The summed E-state index contributed by atoms with van der Waals surface area (Å²) in [6.07, 6.45) is 1.87. The van der Waals surface area contributed by atoms with Gasteiger partial charge < -0.3 is 0 Å². The topological polar surface area (TPSA) is 27.7 Å². The van der Waals surface area contributed by atoms with Crippen molar-refractivity contribution in [2.75, 3.05) is 14.2 Å². The SMILES string of the molecule is C=C1C=C(C)OP1(OC)(OC)c1ccccc1. The first-order chi connectivity index (χ1) is 8.08. The van der Waals surface area contributed by atoms with Crippen molar-refractivity contribution < 1.29 is 13.6 Å². The van der Waals surface area contributed by atoms with Crippen molar-refractivity contribution in [3.8, 4) is 0 Å². The Morgan fingerprint density at radius 1 is 1.12 bits per heavy atom. The average Bonchev–Trinajstić information content (AvgIpc) is 2.64. The van der Waals surface area contributed by atoms with E-state index >= 15 is 0 Å². The Hall–Kier alpha value is -1.15.